The minimum Gasteiger partial charge on any atom is -0.454 e. The number of aliphatic hydroxyl groups excluding tert-OH is 2. The largest absolute Gasteiger partial charge is 0.454 e. The summed E-state index contributed by atoms with van der Waals surface area (Å²) in [6.45, 7) is 0.958. The van der Waals surface area contributed by atoms with Crippen molar-refractivity contribution in [3.05, 3.63) is 0 Å². The van der Waals surface area contributed by atoms with E-state index in [0.717, 1.165) is 63.0 Å². The molecular weight excluding hydrogens is 897 g/mol. The van der Waals surface area contributed by atoms with Crippen LogP contribution in [0.3, 0.4) is 0 Å². The van der Waals surface area contributed by atoms with Crippen molar-refractivity contribution in [1.29, 1.82) is 0 Å². The molecule has 23 heteroatoms. The maximum absolute atomic E-state index is 12.2. The normalized spacial score (nSPS) is 12.0. The summed E-state index contributed by atoms with van der Waals surface area (Å²) in [6, 6.07) is 0. The van der Waals surface area contributed by atoms with Crippen molar-refractivity contribution in [3.63, 3.8) is 0 Å². The second-order valence-electron chi connectivity index (χ2n) is 7.74. The van der Waals surface area contributed by atoms with Crippen molar-refractivity contribution in [3.8, 4) is 0 Å². The van der Waals surface area contributed by atoms with E-state index in [1.54, 1.807) is 129 Å². The molecule has 0 aromatic carbocycles. The van der Waals surface area contributed by atoms with Crippen LogP contribution >= 0.6 is 165 Å². The topological polar surface area (TPSA) is 119 Å². The van der Waals surface area contributed by atoms with Crippen molar-refractivity contribution in [2.24, 2.45) is 0 Å². The van der Waals surface area contributed by atoms with Gasteiger partial charge in [0.2, 0.25) is 0 Å². The molecule has 0 bridgehead atoms. The minimum absolute atomic E-state index is 0.172. The Bertz CT molecular complexity index is 721. The van der Waals surface area contributed by atoms with Gasteiger partial charge in [0.1, 0.15) is 11.9 Å². The van der Waals surface area contributed by atoms with Crippen LogP contribution in [0.5, 0.6) is 0 Å². The standard InChI is InChI=1S/C24H46O8S15/c25-1-4-33-13-35-6-3-31-32-12-40-18-42-17-38-10-24(28)46-21-44-19-43-20-45-22-47(29)8-7-36-15-41-16-37-9-23(27)30-11-39-14-34-5-2-26/h25-26H,1-22H2. The summed E-state index contributed by atoms with van der Waals surface area (Å²) in [6.07, 6.45) is 0. The number of carbonyl (C=O) groups is 2. The molecule has 47 heavy (non-hydrogen) atoms. The molecule has 2 N–H and O–H groups in total. The van der Waals surface area contributed by atoms with Crippen LogP contribution in [0.15, 0.2) is 0 Å². The summed E-state index contributed by atoms with van der Waals surface area (Å²) in [5, 5.41) is 26.2. The summed E-state index contributed by atoms with van der Waals surface area (Å²) in [5.41, 5.74) is 0. The molecule has 0 radical (unpaired) electrons. The number of carbonyl (C=O) groups excluding carboxylic acids is 2. The Balaban J connectivity index is 3.30. The first-order valence-electron chi connectivity index (χ1n) is 13.7. The number of aliphatic hydroxyl groups is 2. The minimum atomic E-state index is -0.809. The molecule has 0 saturated carbocycles. The first kappa shape index (κ1) is 51.0. The lowest BCUT2D eigenvalue weighted by Gasteiger charge is -2.05. The van der Waals surface area contributed by atoms with Gasteiger partial charge in [0.05, 0.1) is 36.4 Å². The van der Waals surface area contributed by atoms with Gasteiger partial charge in [-0.1, -0.05) is 11.8 Å². The Labute approximate surface area is 343 Å². The molecule has 0 aliphatic heterocycles. The molecule has 280 valence electrons. The van der Waals surface area contributed by atoms with Crippen molar-refractivity contribution in [2.45, 2.75) is 0 Å². The molecule has 1 atom stereocenters. The highest BCUT2D eigenvalue weighted by molar-refractivity contribution is 8.30. The average Bonchev–Trinajstić information content (AvgIpc) is 3.06. The molecule has 0 spiro atoms. The SMILES string of the molecule is O=C(CSCSCSCCS(=O)CSCSCSCSC(=O)CSCSCSCOOCCSCSCCO)OCSCSCCO. The zero-order valence-corrected chi connectivity index (χ0v) is 38.3. The predicted octanol–water partition coefficient (Wildman–Crippen LogP) is 7.49. The van der Waals surface area contributed by atoms with Gasteiger partial charge in [-0.3, -0.25) is 13.8 Å². The zero-order valence-electron chi connectivity index (χ0n) is 26.0. The molecule has 0 aliphatic carbocycles. The van der Waals surface area contributed by atoms with Crippen LogP contribution < -0.4 is 0 Å². The lowest BCUT2D eigenvalue weighted by atomic mass is 10.8. The molecule has 0 aromatic rings. The Hall–Kier alpha value is 4.03. The van der Waals surface area contributed by atoms with Gasteiger partial charge in [-0.15, -0.1) is 141 Å². The van der Waals surface area contributed by atoms with Crippen LogP contribution in [0.2, 0.25) is 0 Å². The number of ether oxygens (including phenoxy) is 1. The number of esters is 1. The fourth-order valence-electron chi connectivity index (χ4n) is 2.15. The van der Waals surface area contributed by atoms with E-state index in [0.29, 0.717) is 46.6 Å². The quantitative estimate of drug-likeness (QED) is 0.0208. The Morgan fingerprint density at radius 2 is 1.06 bits per heavy atom. The third-order valence-electron chi connectivity index (χ3n) is 4.05. The molecule has 0 saturated heterocycles. The Morgan fingerprint density at radius 1 is 0.532 bits per heavy atom. The molecule has 0 amide bonds. The van der Waals surface area contributed by atoms with Crippen LogP contribution in [-0.4, -0.2) is 148 Å². The predicted molar refractivity (Wildman–Crippen MR) is 239 cm³/mol. The molecular formula is C24H46O8S15. The highest BCUT2D eigenvalue weighted by Crippen LogP contribution is 2.24. The van der Waals surface area contributed by atoms with Gasteiger partial charge < -0.3 is 14.9 Å². The molecule has 8 nitrogen and oxygen atoms in total. The van der Waals surface area contributed by atoms with Gasteiger partial charge in [0.15, 0.2) is 5.12 Å². The van der Waals surface area contributed by atoms with E-state index in [4.69, 9.17) is 24.7 Å². The monoisotopic (exact) mass is 942 g/mol. The fourth-order valence-corrected chi connectivity index (χ4v) is 18.5. The highest BCUT2D eigenvalue weighted by atomic mass is 32.3. The average molecular weight is 944 g/mol. The van der Waals surface area contributed by atoms with Gasteiger partial charge in [0.25, 0.3) is 0 Å². The van der Waals surface area contributed by atoms with E-state index in [1.807, 2.05) is 11.8 Å². The molecule has 1 unspecified atom stereocenters. The van der Waals surface area contributed by atoms with Gasteiger partial charge in [0, 0.05) is 85.3 Å². The summed E-state index contributed by atoms with van der Waals surface area (Å²) in [5.74, 6) is 5.50. The summed E-state index contributed by atoms with van der Waals surface area (Å²) < 4.78 is 17.4. The van der Waals surface area contributed by atoms with E-state index in [2.05, 4.69) is 0 Å². The molecule has 0 fully saturated rings. The Morgan fingerprint density at radius 3 is 1.81 bits per heavy atom. The molecule has 0 heterocycles. The summed E-state index contributed by atoms with van der Waals surface area (Å²) >= 11 is 23.5. The van der Waals surface area contributed by atoms with Crippen molar-refractivity contribution in [2.75, 3.05) is 123 Å². The van der Waals surface area contributed by atoms with Crippen LogP contribution in [-0.2, 0) is 34.9 Å². The summed E-state index contributed by atoms with van der Waals surface area (Å²) in [7, 11) is -0.809. The van der Waals surface area contributed by atoms with Crippen molar-refractivity contribution < 1.29 is 38.5 Å². The van der Waals surface area contributed by atoms with Crippen LogP contribution in [0, 0.1) is 0 Å². The van der Waals surface area contributed by atoms with Gasteiger partial charge >= 0.3 is 5.97 Å². The third kappa shape index (κ3) is 44.3. The van der Waals surface area contributed by atoms with E-state index in [1.165, 1.54) is 23.5 Å². The fraction of sp³-hybridized carbons (Fsp3) is 0.917. The Kier molecular flexibility index (Phi) is 48.2. The summed E-state index contributed by atoms with van der Waals surface area (Å²) in [4.78, 5) is 34.0. The van der Waals surface area contributed by atoms with Crippen molar-refractivity contribution >= 4 is 187 Å². The van der Waals surface area contributed by atoms with Crippen LogP contribution in [0.25, 0.3) is 0 Å². The van der Waals surface area contributed by atoms with E-state index < -0.39 is 10.8 Å². The van der Waals surface area contributed by atoms with Gasteiger partial charge in [-0.25, -0.2) is 9.78 Å². The highest BCUT2D eigenvalue weighted by Gasteiger charge is 2.06. The maximum atomic E-state index is 12.2. The zero-order chi connectivity index (χ0) is 34.3. The molecule has 0 rings (SSSR count). The third-order valence-corrected chi connectivity index (χ3v) is 22.5. The lowest BCUT2D eigenvalue weighted by molar-refractivity contribution is -0.274. The second kappa shape index (κ2) is 44.4. The van der Waals surface area contributed by atoms with E-state index >= 15 is 0 Å². The molecule has 0 aromatic heterocycles. The molecule has 0 aliphatic rings. The second-order valence-corrected chi connectivity index (χ2v) is 27.2. The van der Waals surface area contributed by atoms with Crippen LogP contribution in [0.1, 0.15) is 0 Å². The number of hydrogen-bond donors (Lipinski definition) is 2. The first-order chi connectivity index (χ1) is 23.1. The van der Waals surface area contributed by atoms with Gasteiger partial charge in [-0.2, -0.15) is 11.8 Å². The lowest BCUT2D eigenvalue weighted by Crippen LogP contribution is -2.07. The van der Waals surface area contributed by atoms with E-state index in [-0.39, 0.29) is 24.3 Å². The number of thioether (sulfide) groups is 14. The maximum Gasteiger partial charge on any atom is 0.316 e. The van der Waals surface area contributed by atoms with E-state index in [9.17, 15) is 13.8 Å². The number of hydrogen-bond acceptors (Lipinski definition) is 22. The first-order valence-corrected chi connectivity index (χ1v) is 31.2. The van der Waals surface area contributed by atoms with Gasteiger partial charge in [-0.05, 0) is 0 Å². The smallest absolute Gasteiger partial charge is 0.316 e. The number of rotatable bonds is 39. The van der Waals surface area contributed by atoms with Crippen molar-refractivity contribution in [1.82, 2.24) is 0 Å². The van der Waals surface area contributed by atoms with Crippen LogP contribution in [0.4, 0.5) is 0 Å².